The second kappa shape index (κ2) is 9.71. The summed E-state index contributed by atoms with van der Waals surface area (Å²) < 4.78 is 11.6. The highest BCUT2D eigenvalue weighted by molar-refractivity contribution is 5.73. The van der Waals surface area contributed by atoms with Crippen LogP contribution < -0.4 is 0 Å². The van der Waals surface area contributed by atoms with Gasteiger partial charge < -0.3 is 14.4 Å². The molecule has 31 heavy (non-hydrogen) atoms. The lowest BCUT2D eigenvalue weighted by Crippen LogP contribution is -2.66. The molecular weight excluding hydrogens is 386 g/mol. The molecule has 2 aliphatic heterocycles. The summed E-state index contributed by atoms with van der Waals surface area (Å²) in [4.78, 5) is 15.5. The Morgan fingerprint density at radius 3 is 2.45 bits per heavy atom. The highest BCUT2D eigenvalue weighted by Crippen LogP contribution is 2.69. The largest absolute Gasteiger partial charge is 0.469 e. The van der Waals surface area contributed by atoms with Crippen molar-refractivity contribution in [1.82, 2.24) is 4.90 Å². The number of esters is 1. The molecule has 4 aliphatic rings. The fourth-order valence-corrected chi connectivity index (χ4v) is 8.82. The molecule has 4 fully saturated rings. The van der Waals surface area contributed by atoms with Crippen molar-refractivity contribution in [3.63, 3.8) is 0 Å². The van der Waals surface area contributed by atoms with Crippen LogP contribution in [-0.4, -0.2) is 50.3 Å². The molecule has 180 valence electrons. The molecule has 4 nitrogen and oxygen atoms in total. The first-order valence-electron chi connectivity index (χ1n) is 13.2. The van der Waals surface area contributed by atoms with Crippen LogP contribution in [0.3, 0.4) is 0 Å². The third-order valence-electron chi connectivity index (χ3n) is 10.4. The minimum Gasteiger partial charge on any atom is -0.469 e. The van der Waals surface area contributed by atoms with E-state index < -0.39 is 0 Å². The predicted molar refractivity (Wildman–Crippen MR) is 127 cm³/mol. The molecular formula is C27H49NO3. The highest BCUT2D eigenvalue weighted by atomic mass is 16.5. The van der Waals surface area contributed by atoms with Crippen LogP contribution >= 0.6 is 0 Å². The molecule has 0 radical (unpaired) electrons. The van der Waals surface area contributed by atoms with Gasteiger partial charge in [0.25, 0.3) is 0 Å². The van der Waals surface area contributed by atoms with E-state index >= 15 is 0 Å². The van der Waals surface area contributed by atoms with E-state index in [2.05, 4.69) is 39.6 Å². The number of ether oxygens (including phenoxy) is 2. The van der Waals surface area contributed by atoms with Gasteiger partial charge in [-0.15, -0.1) is 0 Å². The zero-order valence-electron chi connectivity index (χ0n) is 21.6. The molecule has 4 rings (SSSR count). The summed E-state index contributed by atoms with van der Waals surface area (Å²) >= 11 is 0. The molecule has 3 unspecified atom stereocenters. The smallest absolute Gasteiger partial charge is 0.311 e. The van der Waals surface area contributed by atoms with Crippen molar-refractivity contribution in [2.45, 2.75) is 98.6 Å². The summed E-state index contributed by atoms with van der Waals surface area (Å²) in [7, 11) is 3.88. The van der Waals surface area contributed by atoms with Gasteiger partial charge in [-0.1, -0.05) is 53.9 Å². The molecule has 0 bridgehead atoms. The molecule has 0 aromatic carbocycles. The van der Waals surface area contributed by atoms with Crippen molar-refractivity contribution in [3.8, 4) is 0 Å². The Labute approximate surface area is 191 Å². The fraction of sp³-hybridized carbons (Fsp3) is 0.963. The summed E-state index contributed by atoms with van der Waals surface area (Å²) in [5.41, 5.74) is 0.552. The van der Waals surface area contributed by atoms with Gasteiger partial charge in [0.05, 0.1) is 25.7 Å². The van der Waals surface area contributed by atoms with Gasteiger partial charge in [0.15, 0.2) is 0 Å². The standard InChI is InChI=1S/C25H43NO3.C2H6/c1-7-24(4)20-15-29-17(3)22(23(27)28-6)18(20)14-21-25(24,12-13-26(21)5)19-11-9-8-10-16(19)2;1-2/h16-22H,7-15H2,1-6H3;1-2H3/t16?,17-,18-,19?,20-,21+,22+,24-,25?;/m1./s1. The van der Waals surface area contributed by atoms with Crippen LogP contribution in [0.2, 0.25) is 0 Å². The Bertz CT molecular complexity index is 624. The third-order valence-corrected chi connectivity index (χ3v) is 10.4. The van der Waals surface area contributed by atoms with Gasteiger partial charge in [-0.2, -0.15) is 0 Å². The van der Waals surface area contributed by atoms with E-state index in [0.29, 0.717) is 23.3 Å². The van der Waals surface area contributed by atoms with Crippen LogP contribution in [-0.2, 0) is 14.3 Å². The maximum atomic E-state index is 12.8. The van der Waals surface area contributed by atoms with Crippen LogP contribution in [0, 0.1) is 40.4 Å². The van der Waals surface area contributed by atoms with E-state index in [1.165, 1.54) is 52.2 Å². The zero-order valence-corrected chi connectivity index (χ0v) is 21.6. The van der Waals surface area contributed by atoms with Gasteiger partial charge >= 0.3 is 5.97 Å². The summed E-state index contributed by atoms with van der Waals surface area (Å²) in [5.74, 6) is 2.23. The number of methoxy groups -OCH3 is 1. The van der Waals surface area contributed by atoms with Crippen molar-refractivity contribution < 1.29 is 14.3 Å². The number of hydrogen-bond donors (Lipinski definition) is 0. The Morgan fingerprint density at radius 1 is 1.16 bits per heavy atom. The van der Waals surface area contributed by atoms with E-state index in [1.54, 1.807) is 0 Å². The van der Waals surface area contributed by atoms with E-state index in [4.69, 9.17) is 9.47 Å². The van der Waals surface area contributed by atoms with E-state index in [0.717, 1.165) is 24.9 Å². The summed E-state index contributed by atoms with van der Waals surface area (Å²) in [6.07, 6.45) is 9.13. The maximum absolute atomic E-state index is 12.8. The lowest BCUT2D eigenvalue weighted by Gasteiger charge is -2.66. The van der Waals surface area contributed by atoms with Gasteiger partial charge in [-0.3, -0.25) is 4.79 Å². The zero-order chi connectivity index (χ0) is 23.0. The maximum Gasteiger partial charge on any atom is 0.311 e. The minimum absolute atomic E-state index is 0.0439. The Balaban J connectivity index is 0.00000132. The number of carbonyl (C=O) groups is 1. The number of nitrogens with zero attached hydrogens (tertiary/aromatic N) is 1. The third kappa shape index (κ3) is 3.68. The van der Waals surface area contributed by atoms with Gasteiger partial charge in [-0.05, 0) is 80.7 Å². The summed E-state index contributed by atoms with van der Waals surface area (Å²) in [5, 5.41) is 0. The molecule has 0 spiro atoms. The number of fused-ring (bicyclic) bond motifs is 2. The average Bonchev–Trinajstić information content (AvgIpc) is 3.12. The SMILES string of the molecule is CC.CC[C@]1(C)[C@@H]2CO[C@H](C)[C@H](C(=O)OC)[C@@H]2C[C@@H]2N(C)CCC21C1CCCCC1C. The first kappa shape index (κ1) is 25.0. The average molecular weight is 436 g/mol. The normalized spacial score (nSPS) is 47.5. The van der Waals surface area contributed by atoms with Gasteiger partial charge in [0.1, 0.15) is 0 Å². The van der Waals surface area contributed by atoms with Gasteiger partial charge in [0.2, 0.25) is 0 Å². The number of hydrogen-bond acceptors (Lipinski definition) is 4. The van der Waals surface area contributed by atoms with Crippen LogP contribution in [0.1, 0.15) is 86.5 Å². The minimum atomic E-state index is -0.125. The molecule has 0 N–H and O–H groups in total. The van der Waals surface area contributed by atoms with E-state index in [9.17, 15) is 4.79 Å². The lowest BCUT2D eigenvalue weighted by molar-refractivity contribution is -0.222. The summed E-state index contributed by atoms with van der Waals surface area (Å²) in [6.45, 7) is 15.6. The first-order valence-corrected chi connectivity index (χ1v) is 13.2. The Hall–Kier alpha value is -0.610. The van der Waals surface area contributed by atoms with Crippen LogP contribution in [0.15, 0.2) is 0 Å². The monoisotopic (exact) mass is 435 g/mol. The molecule has 2 heterocycles. The van der Waals surface area contributed by atoms with Crippen molar-refractivity contribution >= 4 is 5.97 Å². The summed E-state index contributed by atoms with van der Waals surface area (Å²) in [6, 6.07) is 0.580. The molecule has 2 aliphatic carbocycles. The molecule has 9 atom stereocenters. The van der Waals surface area contributed by atoms with Crippen molar-refractivity contribution in [3.05, 3.63) is 0 Å². The number of rotatable bonds is 3. The molecule has 0 aromatic rings. The van der Waals surface area contributed by atoms with Crippen LogP contribution in [0.25, 0.3) is 0 Å². The number of carbonyl (C=O) groups excluding carboxylic acids is 1. The van der Waals surface area contributed by atoms with E-state index in [-0.39, 0.29) is 23.4 Å². The quantitative estimate of drug-likeness (QED) is 0.526. The van der Waals surface area contributed by atoms with Crippen LogP contribution in [0.4, 0.5) is 0 Å². The molecule has 0 aromatic heterocycles. The van der Waals surface area contributed by atoms with Gasteiger partial charge in [-0.25, -0.2) is 0 Å². The molecule has 2 saturated heterocycles. The van der Waals surface area contributed by atoms with Gasteiger partial charge in [0, 0.05) is 6.04 Å². The number of likely N-dealkylation sites (tertiary alicyclic amines) is 1. The van der Waals surface area contributed by atoms with Crippen molar-refractivity contribution in [1.29, 1.82) is 0 Å². The second-order valence-electron chi connectivity index (χ2n) is 11.0. The Kier molecular flexibility index (Phi) is 7.84. The first-order chi connectivity index (χ1) is 14.8. The highest BCUT2D eigenvalue weighted by Gasteiger charge is 2.68. The molecule has 0 amide bonds. The van der Waals surface area contributed by atoms with Crippen molar-refractivity contribution in [2.24, 2.45) is 40.4 Å². The van der Waals surface area contributed by atoms with Crippen molar-refractivity contribution in [2.75, 3.05) is 27.3 Å². The predicted octanol–water partition coefficient (Wildman–Crippen LogP) is 5.79. The molecule has 4 heteroatoms. The molecule has 2 saturated carbocycles. The fourth-order valence-electron chi connectivity index (χ4n) is 8.82. The Morgan fingerprint density at radius 2 is 1.84 bits per heavy atom. The topological polar surface area (TPSA) is 38.8 Å². The second-order valence-corrected chi connectivity index (χ2v) is 11.0. The lowest BCUT2D eigenvalue weighted by atomic mass is 9.40. The van der Waals surface area contributed by atoms with E-state index in [1.807, 2.05) is 13.8 Å². The van der Waals surface area contributed by atoms with Crippen LogP contribution in [0.5, 0.6) is 0 Å².